The van der Waals surface area contributed by atoms with Crippen molar-refractivity contribution in [1.82, 2.24) is 0 Å². The lowest BCUT2D eigenvalue weighted by Crippen LogP contribution is -1.60. The third-order valence-corrected chi connectivity index (χ3v) is 0.500. The van der Waals surface area contributed by atoms with E-state index in [2.05, 4.69) is 6.92 Å². The van der Waals surface area contributed by atoms with Crippen LogP contribution in [0.2, 0.25) is 0 Å². The molecule has 0 spiro atoms. The van der Waals surface area contributed by atoms with E-state index in [4.69, 9.17) is 9.84 Å². The highest BCUT2D eigenvalue weighted by atomic mass is 16.6. The first-order valence-electron chi connectivity index (χ1n) is 2.53. The number of hydrogen-bond acceptors (Lipinski definition) is 2. The molecule has 0 amide bonds. The Kier molecular flexibility index (Phi) is 9.28. The van der Waals surface area contributed by atoms with Crippen LogP contribution >= 0.6 is 0 Å². The standard InChI is InChI=1S/C3H6O.C2H6O.H2O/c1-3-2-4-3;1-2-3;/h3H,2H2,1H3;3H,2H2,1H3;1H2. The molecule has 1 saturated heterocycles. The molecule has 1 unspecified atom stereocenters. The lowest BCUT2D eigenvalue weighted by atomic mass is 10.6. The van der Waals surface area contributed by atoms with Crippen molar-refractivity contribution in [3.63, 3.8) is 0 Å². The van der Waals surface area contributed by atoms with E-state index in [0.717, 1.165) is 6.61 Å². The van der Waals surface area contributed by atoms with Crippen molar-refractivity contribution in [2.75, 3.05) is 13.2 Å². The highest BCUT2D eigenvalue weighted by Crippen LogP contribution is 2.04. The first-order valence-corrected chi connectivity index (χ1v) is 2.53. The summed E-state index contributed by atoms with van der Waals surface area (Å²) in [6, 6.07) is 0. The second kappa shape index (κ2) is 6.88. The molecule has 1 rings (SSSR count). The van der Waals surface area contributed by atoms with Gasteiger partial charge in [-0.2, -0.15) is 0 Å². The van der Waals surface area contributed by atoms with Gasteiger partial charge in [0, 0.05) is 6.61 Å². The Labute approximate surface area is 49.6 Å². The molecule has 52 valence electrons. The molecule has 8 heavy (non-hydrogen) atoms. The fraction of sp³-hybridized carbons (Fsp3) is 1.00. The second-order valence-corrected chi connectivity index (χ2v) is 1.46. The molecule has 3 N–H and O–H groups in total. The highest BCUT2D eigenvalue weighted by Gasteiger charge is 2.13. The zero-order chi connectivity index (χ0) is 5.70. The van der Waals surface area contributed by atoms with Gasteiger partial charge in [-0.05, 0) is 13.8 Å². The summed E-state index contributed by atoms with van der Waals surface area (Å²) in [5, 5.41) is 7.57. The van der Waals surface area contributed by atoms with Crippen molar-refractivity contribution in [3.05, 3.63) is 0 Å². The predicted octanol–water partition coefficient (Wildman–Crippen LogP) is -0.421. The van der Waals surface area contributed by atoms with Crippen LogP contribution in [0, 0.1) is 0 Å². The van der Waals surface area contributed by atoms with Gasteiger partial charge in [-0.3, -0.25) is 0 Å². The molecule has 0 radical (unpaired) electrons. The number of epoxide rings is 1. The molecule has 1 heterocycles. The summed E-state index contributed by atoms with van der Waals surface area (Å²) >= 11 is 0. The molecule has 1 fully saturated rings. The Balaban J connectivity index is 0. The normalized spacial score (nSPS) is 22.1. The van der Waals surface area contributed by atoms with Crippen LogP contribution in [0.15, 0.2) is 0 Å². The minimum absolute atomic E-state index is 0. The smallest absolute Gasteiger partial charge is 0.0781 e. The van der Waals surface area contributed by atoms with E-state index in [-0.39, 0.29) is 12.1 Å². The number of rotatable bonds is 0. The van der Waals surface area contributed by atoms with Gasteiger partial charge >= 0.3 is 0 Å². The van der Waals surface area contributed by atoms with Crippen LogP contribution in [0.1, 0.15) is 13.8 Å². The minimum atomic E-state index is 0. The molecule has 0 aromatic heterocycles. The van der Waals surface area contributed by atoms with Crippen molar-refractivity contribution >= 4 is 0 Å². The Bertz CT molecular complexity index is 34.7. The van der Waals surface area contributed by atoms with Crippen LogP contribution in [-0.4, -0.2) is 29.9 Å². The van der Waals surface area contributed by atoms with E-state index in [1.807, 2.05) is 0 Å². The largest absolute Gasteiger partial charge is 0.412 e. The van der Waals surface area contributed by atoms with Crippen molar-refractivity contribution in [3.8, 4) is 0 Å². The van der Waals surface area contributed by atoms with E-state index in [0.29, 0.717) is 6.10 Å². The van der Waals surface area contributed by atoms with Gasteiger partial charge in [-0.25, -0.2) is 0 Å². The summed E-state index contributed by atoms with van der Waals surface area (Å²) in [5.74, 6) is 0. The SMILES string of the molecule is CC1CO1.CCO.O. The lowest BCUT2D eigenvalue weighted by Gasteiger charge is -1.52. The van der Waals surface area contributed by atoms with Gasteiger partial charge in [0.1, 0.15) is 0 Å². The van der Waals surface area contributed by atoms with E-state index in [1.54, 1.807) is 6.92 Å². The summed E-state index contributed by atoms with van der Waals surface area (Å²) in [7, 11) is 0. The van der Waals surface area contributed by atoms with Crippen LogP contribution < -0.4 is 0 Å². The molecule has 1 atom stereocenters. The fourth-order valence-electron chi connectivity index (χ4n) is 0.0962. The van der Waals surface area contributed by atoms with E-state index < -0.39 is 0 Å². The quantitative estimate of drug-likeness (QED) is 0.443. The van der Waals surface area contributed by atoms with E-state index >= 15 is 0 Å². The zero-order valence-corrected chi connectivity index (χ0v) is 5.35. The summed E-state index contributed by atoms with van der Waals surface area (Å²) in [4.78, 5) is 0. The molecular weight excluding hydrogens is 108 g/mol. The van der Waals surface area contributed by atoms with Crippen molar-refractivity contribution in [1.29, 1.82) is 0 Å². The average Bonchev–Trinajstić information content (AvgIpc) is 2.25. The molecule has 0 aliphatic carbocycles. The predicted molar refractivity (Wildman–Crippen MR) is 31.8 cm³/mol. The van der Waals surface area contributed by atoms with Crippen LogP contribution in [0.4, 0.5) is 0 Å². The minimum Gasteiger partial charge on any atom is -0.412 e. The molecule has 1 aliphatic rings. The molecule has 0 aromatic carbocycles. The molecule has 0 aromatic rings. The molecule has 3 nitrogen and oxygen atoms in total. The lowest BCUT2D eigenvalue weighted by molar-refractivity contribution is 0.318. The van der Waals surface area contributed by atoms with Crippen molar-refractivity contribution in [2.45, 2.75) is 20.0 Å². The number of aliphatic hydroxyl groups is 1. The molecule has 0 saturated carbocycles. The van der Waals surface area contributed by atoms with Gasteiger partial charge in [-0.1, -0.05) is 0 Å². The summed E-state index contributed by atoms with van der Waals surface area (Å²) < 4.78 is 4.71. The third kappa shape index (κ3) is 16.9. The van der Waals surface area contributed by atoms with Gasteiger partial charge in [-0.15, -0.1) is 0 Å². The van der Waals surface area contributed by atoms with Gasteiger partial charge in [0.15, 0.2) is 0 Å². The van der Waals surface area contributed by atoms with Crippen LogP contribution in [0.3, 0.4) is 0 Å². The van der Waals surface area contributed by atoms with Crippen LogP contribution in [-0.2, 0) is 4.74 Å². The maximum Gasteiger partial charge on any atom is 0.0781 e. The first kappa shape index (κ1) is 10.8. The molecule has 1 aliphatic heterocycles. The number of hydrogen-bond donors (Lipinski definition) is 1. The summed E-state index contributed by atoms with van der Waals surface area (Å²) in [6.45, 7) is 4.97. The molecule has 0 bridgehead atoms. The number of aliphatic hydroxyl groups excluding tert-OH is 1. The molecular formula is C5H14O3. The highest BCUT2D eigenvalue weighted by molar-refractivity contribution is 4.58. The Hall–Kier alpha value is -0.120. The fourth-order valence-corrected chi connectivity index (χ4v) is 0.0962. The zero-order valence-electron chi connectivity index (χ0n) is 5.35. The summed E-state index contributed by atoms with van der Waals surface area (Å²) in [5.41, 5.74) is 0. The second-order valence-electron chi connectivity index (χ2n) is 1.46. The Morgan fingerprint density at radius 1 is 1.75 bits per heavy atom. The average molecular weight is 122 g/mol. The van der Waals surface area contributed by atoms with Crippen molar-refractivity contribution < 1.29 is 15.3 Å². The van der Waals surface area contributed by atoms with E-state index in [1.165, 1.54) is 0 Å². The first-order chi connectivity index (χ1) is 3.31. The number of ether oxygens (including phenoxy) is 1. The Morgan fingerprint density at radius 3 is 1.88 bits per heavy atom. The van der Waals surface area contributed by atoms with Crippen molar-refractivity contribution in [2.24, 2.45) is 0 Å². The molecule has 3 heteroatoms. The topological polar surface area (TPSA) is 64.3 Å². The van der Waals surface area contributed by atoms with E-state index in [9.17, 15) is 0 Å². The Morgan fingerprint density at radius 2 is 1.88 bits per heavy atom. The van der Waals surface area contributed by atoms with Gasteiger partial charge in [0.25, 0.3) is 0 Å². The maximum absolute atomic E-state index is 7.57. The van der Waals surface area contributed by atoms with Gasteiger partial charge in [0.2, 0.25) is 0 Å². The van der Waals surface area contributed by atoms with Gasteiger partial charge in [0.05, 0.1) is 12.7 Å². The van der Waals surface area contributed by atoms with Gasteiger partial charge < -0.3 is 15.3 Å². The van der Waals surface area contributed by atoms with Crippen LogP contribution in [0.25, 0.3) is 0 Å². The maximum atomic E-state index is 7.57. The monoisotopic (exact) mass is 122 g/mol. The van der Waals surface area contributed by atoms with Crippen LogP contribution in [0.5, 0.6) is 0 Å². The summed E-state index contributed by atoms with van der Waals surface area (Å²) in [6.07, 6.45) is 0.583. The third-order valence-electron chi connectivity index (χ3n) is 0.500.